The van der Waals surface area contributed by atoms with Gasteiger partial charge >= 0.3 is 6.03 Å². The fourth-order valence-corrected chi connectivity index (χ4v) is 2.05. The first kappa shape index (κ1) is 15.5. The van der Waals surface area contributed by atoms with E-state index in [9.17, 15) is 4.79 Å². The first-order chi connectivity index (χ1) is 10.1. The number of hydrazone groups is 1. The Hall–Kier alpha value is -1.85. The van der Waals surface area contributed by atoms with E-state index in [0.29, 0.717) is 10.7 Å². The van der Waals surface area contributed by atoms with Crippen molar-refractivity contribution >= 4 is 45.5 Å². The molecule has 0 radical (unpaired) electrons. The fraction of sp³-hybridized carbons (Fsp3) is 0.0667. The molecule has 0 aliphatic heterocycles. The third kappa shape index (κ3) is 4.58. The van der Waals surface area contributed by atoms with E-state index in [1.165, 1.54) is 6.21 Å². The second-order valence-corrected chi connectivity index (χ2v) is 5.57. The fourth-order valence-electron chi connectivity index (χ4n) is 1.62. The molecule has 2 rings (SSSR count). The van der Waals surface area contributed by atoms with Gasteiger partial charge in [-0.25, -0.2) is 10.2 Å². The van der Waals surface area contributed by atoms with Crippen LogP contribution in [0.5, 0.6) is 0 Å². The minimum absolute atomic E-state index is 0.417. The molecular weight excluding hydrogens is 354 g/mol. The third-order valence-electron chi connectivity index (χ3n) is 2.69. The van der Waals surface area contributed by atoms with Gasteiger partial charge < -0.3 is 5.32 Å². The van der Waals surface area contributed by atoms with Crippen LogP contribution in [0.1, 0.15) is 11.1 Å². The first-order valence-electron chi connectivity index (χ1n) is 6.17. The lowest BCUT2D eigenvalue weighted by molar-refractivity contribution is 0.252. The molecule has 0 spiro atoms. The second kappa shape index (κ2) is 7.24. The smallest absolute Gasteiger partial charge is 0.307 e. The van der Waals surface area contributed by atoms with E-state index < -0.39 is 6.03 Å². The SMILES string of the molecule is Cc1cc(NC(=O)N/N=C/c2ccccc2Cl)ccc1Br. The van der Waals surface area contributed by atoms with Crippen molar-refractivity contribution in [2.75, 3.05) is 5.32 Å². The maximum atomic E-state index is 11.7. The molecule has 2 aromatic carbocycles. The number of anilines is 1. The number of nitrogens with one attached hydrogen (secondary N) is 2. The Morgan fingerprint density at radius 3 is 2.76 bits per heavy atom. The van der Waals surface area contributed by atoms with Crippen LogP contribution in [0.2, 0.25) is 5.02 Å². The summed E-state index contributed by atoms with van der Waals surface area (Å²) in [6, 6.07) is 12.4. The van der Waals surface area contributed by atoms with Gasteiger partial charge in [0.15, 0.2) is 0 Å². The highest BCUT2D eigenvalue weighted by atomic mass is 79.9. The number of nitrogens with zero attached hydrogens (tertiary/aromatic N) is 1. The molecule has 4 nitrogen and oxygen atoms in total. The zero-order chi connectivity index (χ0) is 15.2. The first-order valence-corrected chi connectivity index (χ1v) is 7.34. The van der Waals surface area contributed by atoms with Crippen LogP contribution in [0.3, 0.4) is 0 Å². The van der Waals surface area contributed by atoms with Crippen molar-refractivity contribution in [2.24, 2.45) is 5.10 Å². The standard InChI is InChI=1S/C15H13BrClN3O/c1-10-8-12(6-7-13(10)16)19-15(21)20-18-9-11-4-2-3-5-14(11)17/h2-9H,1H3,(H2,19,20,21)/b18-9+. The van der Waals surface area contributed by atoms with Gasteiger partial charge in [0, 0.05) is 20.7 Å². The van der Waals surface area contributed by atoms with Gasteiger partial charge in [-0.15, -0.1) is 0 Å². The van der Waals surface area contributed by atoms with E-state index in [-0.39, 0.29) is 0 Å². The van der Waals surface area contributed by atoms with Crippen LogP contribution in [-0.4, -0.2) is 12.2 Å². The Morgan fingerprint density at radius 1 is 1.29 bits per heavy atom. The molecule has 2 aromatic rings. The Balaban J connectivity index is 1.93. The zero-order valence-electron chi connectivity index (χ0n) is 11.2. The quantitative estimate of drug-likeness (QED) is 0.607. The summed E-state index contributed by atoms with van der Waals surface area (Å²) in [7, 11) is 0. The maximum absolute atomic E-state index is 11.7. The molecule has 0 aromatic heterocycles. The number of hydrogen-bond donors (Lipinski definition) is 2. The summed E-state index contributed by atoms with van der Waals surface area (Å²) in [5, 5.41) is 7.13. The summed E-state index contributed by atoms with van der Waals surface area (Å²) in [4.78, 5) is 11.7. The zero-order valence-corrected chi connectivity index (χ0v) is 13.6. The number of benzene rings is 2. The maximum Gasteiger partial charge on any atom is 0.339 e. The average molecular weight is 367 g/mol. The number of urea groups is 1. The van der Waals surface area contributed by atoms with Gasteiger partial charge in [-0.1, -0.05) is 45.7 Å². The predicted molar refractivity (Wildman–Crippen MR) is 90.1 cm³/mol. The van der Waals surface area contributed by atoms with Crippen molar-refractivity contribution in [1.82, 2.24) is 5.43 Å². The number of aryl methyl sites for hydroxylation is 1. The van der Waals surface area contributed by atoms with Crippen molar-refractivity contribution in [2.45, 2.75) is 6.92 Å². The monoisotopic (exact) mass is 365 g/mol. The summed E-state index contributed by atoms with van der Waals surface area (Å²) in [5.74, 6) is 0. The van der Waals surface area contributed by atoms with E-state index in [1.54, 1.807) is 12.1 Å². The number of carbonyl (C=O) groups is 1. The van der Waals surface area contributed by atoms with Crippen molar-refractivity contribution in [3.8, 4) is 0 Å². The molecule has 0 heterocycles. The molecular formula is C15H13BrClN3O. The van der Waals surface area contributed by atoms with E-state index in [4.69, 9.17) is 11.6 Å². The Kier molecular flexibility index (Phi) is 5.36. The van der Waals surface area contributed by atoms with Gasteiger partial charge in [0.05, 0.1) is 6.21 Å². The van der Waals surface area contributed by atoms with Crippen LogP contribution >= 0.6 is 27.5 Å². The van der Waals surface area contributed by atoms with Crippen LogP contribution in [0, 0.1) is 6.92 Å². The van der Waals surface area contributed by atoms with Crippen molar-refractivity contribution in [3.05, 3.63) is 63.1 Å². The van der Waals surface area contributed by atoms with Gasteiger partial charge in [0.1, 0.15) is 0 Å². The van der Waals surface area contributed by atoms with Gasteiger partial charge in [-0.2, -0.15) is 5.10 Å². The molecule has 6 heteroatoms. The number of rotatable bonds is 3. The molecule has 0 fully saturated rings. The third-order valence-corrected chi connectivity index (χ3v) is 3.92. The normalized spacial score (nSPS) is 10.6. The average Bonchev–Trinajstić information content (AvgIpc) is 2.45. The minimum atomic E-state index is -0.417. The van der Waals surface area contributed by atoms with E-state index in [1.807, 2.05) is 37.3 Å². The second-order valence-electron chi connectivity index (χ2n) is 4.31. The molecule has 0 atom stereocenters. The molecule has 0 bridgehead atoms. The highest BCUT2D eigenvalue weighted by Crippen LogP contribution is 2.19. The summed E-state index contributed by atoms with van der Waals surface area (Å²) in [6.07, 6.45) is 1.49. The Labute approximate surface area is 136 Å². The van der Waals surface area contributed by atoms with Gasteiger partial charge in [0.25, 0.3) is 0 Å². The lowest BCUT2D eigenvalue weighted by Gasteiger charge is -2.06. The molecule has 108 valence electrons. The molecule has 0 saturated carbocycles. The molecule has 0 unspecified atom stereocenters. The van der Waals surface area contributed by atoms with Crippen LogP contribution < -0.4 is 10.7 Å². The Morgan fingerprint density at radius 2 is 2.05 bits per heavy atom. The van der Waals surface area contributed by atoms with Crippen LogP contribution in [0.15, 0.2) is 52.0 Å². The van der Waals surface area contributed by atoms with Crippen LogP contribution in [0.25, 0.3) is 0 Å². The number of hydrogen-bond acceptors (Lipinski definition) is 2. The van der Waals surface area contributed by atoms with Crippen molar-refractivity contribution < 1.29 is 4.79 Å². The Bertz CT molecular complexity index is 688. The highest BCUT2D eigenvalue weighted by molar-refractivity contribution is 9.10. The molecule has 2 N–H and O–H groups in total. The lowest BCUT2D eigenvalue weighted by atomic mass is 10.2. The highest BCUT2D eigenvalue weighted by Gasteiger charge is 2.02. The van der Waals surface area contributed by atoms with E-state index in [0.717, 1.165) is 15.6 Å². The van der Waals surface area contributed by atoms with Gasteiger partial charge in [-0.05, 0) is 36.8 Å². The van der Waals surface area contributed by atoms with Crippen molar-refractivity contribution in [1.29, 1.82) is 0 Å². The largest absolute Gasteiger partial charge is 0.339 e. The number of amides is 2. The van der Waals surface area contributed by atoms with E-state index in [2.05, 4.69) is 31.8 Å². The predicted octanol–water partition coefficient (Wildman–Crippen LogP) is 4.57. The van der Waals surface area contributed by atoms with Crippen LogP contribution in [-0.2, 0) is 0 Å². The molecule has 0 aliphatic rings. The summed E-state index contributed by atoms with van der Waals surface area (Å²) in [6.45, 7) is 1.95. The molecule has 2 amide bonds. The molecule has 21 heavy (non-hydrogen) atoms. The van der Waals surface area contributed by atoms with Crippen molar-refractivity contribution in [3.63, 3.8) is 0 Å². The van der Waals surface area contributed by atoms with Gasteiger partial charge in [0.2, 0.25) is 0 Å². The lowest BCUT2D eigenvalue weighted by Crippen LogP contribution is -2.24. The molecule has 0 aliphatic carbocycles. The van der Waals surface area contributed by atoms with E-state index >= 15 is 0 Å². The summed E-state index contributed by atoms with van der Waals surface area (Å²) >= 11 is 9.38. The summed E-state index contributed by atoms with van der Waals surface area (Å²) < 4.78 is 0.991. The van der Waals surface area contributed by atoms with Gasteiger partial charge in [-0.3, -0.25) is 0 Å². The topological polar surface area (TPSA) is 53.5 Å². The minimum Gasteiger partial charge on any atom is -0.307 e. The number of halogens is 2. The van der Waals surface area contributed by atoms with Crippen LogP contribution in [0.4, 0.5) is 10.5 Å². The molecule has 0 saturated heterocycles. The number of carbonyl (C=O) groups excluding carboxylic acids is 1. The summed E-state index contributed by atoms with van der Waals surface area (Å²) in [5.41, 5.74) is 4.86.